The topological polar surface area (TPSA) is 63.1 Å². The van der Waals surface area contributed by atoms with Gasteiger partial charge in [-0.3, -0.25) is 0 Å². The van der Waals surface area contributed by atoms with Gasteiger partial charge >= 0.3 is 6.03 Å². The van der Waals surface area contributed by atoms with E-state index in [4.69, 9.17) is 0 Å². The monoisotopic (exact) mass is 279 g/mol. The molecule has 1 N–H and O–H groups in total. The molecular weight excluding hydrogens is 254 g/mol. The van der Waals surface area contributed by atoms with Gasteiger partial charge in [-0.2, -0.15) is 0 Å². The molecule has 1 aromatic rings. The first-order valence-corrected chi connectivity index (χ1v) is 7.48. The fourth-order valence-corrected chi connectivity index (χ4v) is 2.60. The first-order valence-electron chi connectivity index (χ1n) is 7.48. The van der Waals surface area contributed by atoms with Crippen molar-refractivity contribution in [3.05, 3.63) is 11.6 Å². The number of aryl methyl sites for hydroxylation is 1. The fraction of sp³-hybridized carbons (Fsp3) is 0.786. The summed E-state index contributed by atoms with van der Waals surface area (Å²) in [6.45, 7) is 6.37. The lowest BCUT2D eigenvalue weighted by molar-refractivity contribution is 0.202. The van der Waals surface area contributed by atoms with Gasteiger partial charge in [-0.25, -0.2) is 4.79 Å². The molecule has 0 saturated heterocycles. The summed E-state index contributed by atoms with van der Waals surface area (Å²) >= 11 is 0. The van der Waals surface area contributed by atoms with E-state index in [2.05, 4.69) is 33.9 Å². The van der Waals surface area contributed by atoms with Crippen molar-refractivity contribution in [3.63, 3.8) is 0 Å². The van der Waals surface area contributed by atoms with Crippen molar-refractivity contribution in [2.45, 2.75) is 52.6 Å². The van der Waals surface area contributed by atoms with E-state index >= 15 is 0 Å². The maximum atomic E-state index is 12.0. The van der Waals surface area contributed by atoms with E-state index in [-0.39, 0.29) is 6.03 Å². The number of carbonyl (C=O) groups excluding carboxylic acids is 1. The van der Waals surface area contributed by atoms with Crippen LogP contribution in [0.25, 0.3) is 0 Å². The molecule has 1 aliphatic rings. The molecule has 0 saturated carbocycles. The van der Waals surface area contributed by atoms with Crippen LogP contribution in [0.5, 0.6) is 0 Å². The van der Waals surface area contributed by atoms with Crippen LogP contribution >= 0.6 is 0 Å². The average Bonchev–Trinajstić information content (AvgIpc) is 2.63. The van der Waals surface area contributed by atoms with Gasteiger partial charge in [-0.05, 0) is 18.8 Å². The molecule has 0 fully saturated rings. The number of nitrogens with one attached hydrogen (secondary N) is 1. The molecule has 6 heteroatoms. The minimum atomic E-state index is -0.0512. The minimum absolute atomic E-state index is 0.0512. The number of aromatic nitrogens is 3. The van der Waals surface area contributed by atoms with Gasteiger partial charge in [0.25, 0.3) is 0 Å². The number of nitrogens with zero attached hydrogens (tertiary/aromatic N) is 4. The van der Waals surface area contributed by atoms with Gasteiger partial charge in [-0.1, -0.05) is 20.3 Å². The molecule has 0 atom stereocenters. The summed E-state index contributed by atoms with van der Waals surface area (Å²) < 4.78 is 2.16. The lowest BCUT2D eigenvalue weighted by Gasteiger charge is -2.19. The SMILES string of the molecule is CC(C)CN(C)C(=O)NCc1nnc2n1CCCCC2. The lowest BCUT2D eigenvalue weighted by atomic mass is 10.2. The number of rotatable bonds is 4. The Bertz CT molecular complexity index is 454. The zero-order valence-electron chi connectivity index (χ0n) is 12.7. The number of hydrogen-bond donors (Lipinski definition) is 1. The predicted octanol–water partition coefficient (Wildman–Crippen LogP) is 1.80. The Kier molecular flexibility index (Phi) is 4.98. The van der Waals surface area contributed by atoms with Gasteiger partial charge < -0.3 is 14.8 Å². The van der Waals surface area contributed by atoms with E-state index in [0.717, 1.165) is 31.2 Å². The van der Waals surface area contributed by atoms with Gasteiger partial charge in [0, 0.05) is 26.6 Å². The number of urea groups is 1. The van der Waals surface area contributed by atoms with Crippen molar-refractivity contribution in [1.82, 2.24) is 25.0 Å². The van der Waals surface area contributed by atoms with E-state index in [1.807, 2.05) is 7.05 Å². The summed E-state index contributed by atoms with van der Waals surface area (Å²) in [7, 11) is 1.82. The number of fused-ring (bicyclic) bond motifs is 1. The minimum Gasteiger partial charge on any atom is -0.331 e. The largest absolute Gasteiger partial charge is 0.331 e. The highest BCUT2D eigenvalue weighted by Gasteiger charge is 2.16. The highest BCUT2D eigenvalue weighted by atomic mass is 16.2. The lowest BCUT2D eigenvalue weighted by Crippen LogP contribution is -2.39. The van der Waals surface area contributed by atoms with E-state index in [0.29, 0.717) is 12.5 Å². The molecule has 1 aromatic heterocycles. The van der Waals surface area contributed by atoms with Crippen LogP contribution in [0.1, 0.15) is 44.8 Å². The third-order valence-electron chi connectivity index (χ3n) is 3.57. The number of carbonyl (C=O) groups is 1. The highest BCUT2D eigenvalue weighted by molar-refractivity contribution is 5.73. The standard InChI is InChI=1S/C14H25N5O/c1-11(2)10-18(3)14(20)15-9-13-17-16-12-7-5-4-6-8-19(12)13/h11H,4-10H2,1-3H3,(H,15,20). The van der Waals surface area contributed by atoms with Crippen LogP contribution in [-0.4, -0.2) is 39.3 Å². The number of amides is 2. The summed E-state index contributed by atoms with van der Waals surface area (Å²) in [5, 5.41) is 11.4. The van der Waals surface area contributed by atoms with Crippen molar-refractivity contribution < 1.29 is 4.79 Å². The number of hydrogen-bond acceptors (Lipinski definition) is 3. The Morgan fingerprint density at radius 2 is 2.15 bits per heavy atom. The second-order valence-electron chi connectivity index (χ2n) is 5.93. The Morgan fingerprint density at radius 1 is 1.35 bits per heavy atom. The van der Waals surface area contributed by atoms with Crippen LogP contribution in [0.4, 0.5) is 4.79 Å². The van der Waals surface area contributed by atoms with Crippen LogP contribution in [0, 0.1) is 5.92 Å². The molecule has 0 aromatic carbocycles. The van der Waals surface area contributed by atoms with Crippen LogP contribution in [0.2, 0.25) is 0 Å². The summed E-state index contributed by atoms with van der Waals surface area (Å²) in [5.74, 6) is 2.39. The molecule has 2 amide bonds. The maximum Gasteiger partial charge on any atom is 0.317 e. The Balaban J connectivity index is 1.91. The summed E-state index contributed by atoms with van der Waals surface area (Å²) in [4.78, 5) is 13.7. The van der Waals surface area contributed by atoms with E-state index in [1.165, 1.54) is 19.3 Å². The molecule has 20 heavy (non-hydrogen) atoms. The molecule has 0 spiro atoms. The van der Waals surface area contributed by atoms with Crippen LogP contribution < -0.4 is 5.32 Å². The molecule has 0 aliphatic carbocycles. The van der Waals surface area contributed by atoms with Crippen LogP contribution in [0.3, 0.4) is 0 Å². The quantitative estimate of drug-likeness (QED) is 0.914. The zero-order valence-corrected chi connectivity index (χ0v) is 12.7. The van der Waals surface area contributed by atoms with Crippen molar-refractivity contribution in [1.29, 1.82) is 0 Å². The molecule has 112 valence electrons. The second-order valence-corrected chi connectivity index (χ2v) is 5.93. The Hall–Kier alpha value is -1.59. The molecule has 0 unspecified atom stereocenters. The van der Waals surface area contributed by atoms with E-state index in [9.17, 15) is 4.79 Å². The van der Waals surface area contributed by atoms with E-state index < -0.39 is 0 Å². The first-order chi connectivity index (χ1) is 9.58. The molecule has 2 heterocycles. The third-order valence-corrected chi connectivity index (χ3v) is 3.57. The average molecular weight is 279 g/mol. The molecule has 1 aliphatic heterocycles. The van der Waals surface area contributed by atoms with Crippen LogP contribution in [0.15, 0.2) is 0 Å². The Labute approximate surface area is 120 Å². The molecule has 0 radical (unpaired) electrons. The van der Waals surface area contributed by atoms with Crippen LogP contribution in [-0.2, 0) is 19.5 Å². The highest BCUT2D eigenvalue weighted by Crippen LogP contribution is 2.14. The normalized spacial score (nSPS) is 14.8. The van der Waals surface area contributed by atoms with E-state index in [1.54, 1.807) is 4.90 Å². The molecule has 2 rings (SSSR count). The molecular formula is C14H25N5O. The smallest absolute Gasteiger partial charge is 0.317 e. The van der Waals surface area contributed by atoms with Gasteiger partial charge in [0.1, 0.15) is 5.82 Å². The second kappa shape index (κ2) is 6.72. The van der Waals surface area contributed by atoms with Gasteiger partial charge in [0.15, 0.2) is 5.82 Å². The summed E-state index contributed by atoms with van der Waals surface area (Å²) in [5.41, 5.74) is 0. The van der Waals surface area contributed by atoms with Crippen molar-refractivity contribution in [3.8, 4) is 0 Å². The predicted molar refractivity (Wildman–Crippen MR) is 77.3 cm³/mol. The maximum absolute atomic E-state index is 12.0. The fourth-order valence-electron chi connectivity index (χ4n) is 2.60. The summed E-state index contributed by atoms with van der Waals surface area (Å²) in [6.07, 6.45) is 4.58. The molecule has 0 bridgehead atoms. The summed E-state index contributed by atoms with van der Waals surface area (Å²) in [6, 6.07) is -0.0512. The first kappa shape index (κ1) is 14.8. The molecule has 6 nitrogen and oxygen atoms in total. The zero-order chi connectivity index (χ0) is 14.5. The third kappa shape index (κ3) is 3.71. The van der Waals surface area contributed by atoms with Gasteiger partial charge in [0.05, 0.1) is 6.54 Å². The Morgan fingerprint density at radius 3 is 2.90 bits per heavy atom. The van der Waals surface area contributed by atoms with Gasteiger partial charge in [0.2, 0.25) is 0 Å². The van der Waals surface area contributed by atoms with Gasteiger partial charge in [-0.15, -0.1) is 10.2 Å². The van der Waals surface area contributed by atoms with Crippen molar-refractivity contribution >= 4 is 6.03 Å². The van der Waals surface area contributed by atoms with Crippen molar-refractivity contribution in [2.24, 2.45) is 5.92 Å². The van der Waals surface area contributed by atoms with Crippen molar-refractivity contribution in [2.75, 3.05) is 13.6 Å².